The molecule has 1 aliphatic rings. The molecule has 0 spiro atoms. The fourth-order valence-corrected chi connectivity index (χ4v) is 2.16. The van der Waals surface area contributed by atoms with E-state index in [9.17, 15) is 14.8 Å². The van der Waals surface area contributed by atoms with Crippen LogP contribution >= 0.6 is 0 Å². The SMILES string of the molecule is C[N+](CCO)(OCCN1C(=O)c2ccccc2C1=O)[N+](=N)[O-]. The Hall–Kier alpha value is -2.36. The molecule has 2 N–H and O–H groups in total. The number of nitrogens with one attached hydrogen (secondary N) is 1. The van der Waals surface area contributed by atoms with E-state index in [1.54, 1.807) is 24.3 Å². The third kappa shape index (κ3) is 2.82. The first-order valence-corrected chi connectivity index (χ1v) is 6.66. The highest BCUT2D eigenvalue weighted by Crippen LogP contribution is 2.22. The second kappa shape index (κ2) is 6.18. The number of fused-ring (bicyclic) bond motifs is 1. The Bertz CT molecular complexity index is 585. The van der Waals surface area contributed by atoms with E-state index in [-0.39, 0.29) is 31.3 Å². The maximum atomic E-state index is 12.1. The lowest BCUT2D eigenvalue weighted by Gasteiger charge is -2.23. The maximum Gasteiger partial charge on any atom is 0.261 e. The van der Waals surface area contributed by atoms with Gasteiger partial charge in [0, 0.05) is 5.53 Å². The van der Waals surface area contributed by atoms with E-state index in [2.05, 4.69) is 0 Å². The number of aliphatic hydroxyl groups is 1. The quantitative estimate of drug-likeness (QED) is 0.244. The lowest BCUT2D eigenvalue weighted by molar-refractivity contribution is -1.43. The summed E-state index contributed by atoms with van der Waals surface area (Å²) in [4.78, 5) is 30.3. The lowest BCUT2D eigenvalue weighted by atomic mass is 10.1. The largest absolute Gasteiger partial charge is 0.543 e. The first-order valence-electron chi connectivity index (χ1n) is 6.66. The van der Waals surface area contributed by atoms with Crippen molar-refractivity contribution in [3.63, 3.8) is 0 Å². The van der Waals surface area contributed by atoms with Crippen molar-refractivity contribution in [2.45, 2.75) is 0 Å². The van der Waals surface area contributed by atoms with Crippen LogP contribution in [0.5, 0.6) is 0 Å². The van der Waals surface area contributed by atoms with Crippen LogP contribution in [0.3, 0.4) is 0 Å². The summed E-state index contributed by atoms with van der Waals surface area (Å²) in [7, 11) is 1.30. The highest BCUT2D eigenvalue weighted by Gasteiger charge is 2.37. The molecule has 0 saturated carbocycles. The van der Waals surface area contributed by atoms with Crippen LogP contribution in [0.15, 0.2) is 24.3 Å². The number of likely N-dealkylation sites (N-methyl/N-ethyl adjacent to an activating group) is 1. The number of benzene rings is 1. The van der Waals surface area contributed by atoms with Gasteiger partial charge in [-0.15, -0.1) is 4.84 Å². The molecule has 1 unspecified atom stereocenters. The number of carbonyl (C=O) groups excluding carboxylic acids is 2. The summed E-state index contributed by atoms with van der Waals surface area (Å²) in [6.07, 6.45) is 0. The molecule has 1 atom stereocenters. The molecule has 2 amide bonds. The summed E-state index contributed by atoms with van der Waals surface area (Å²) in [6.45, 7) is -0.630. The first kappa shape index (κ1) is 16.0. The van der Waals surface area contributed by atoms with Gasteiger partial charge in [0.2, 0.25) is 0 Å². The normalized spacial score (nSPS) is 16.5. The molecule has 1 aromatic carbocycles. The number of aliphatic hydroxyl groups excluding tert-OH is 1. The Morgan fingerprint density at radius 3 is 2.32 bits per heavy atom. The molecule has 0 fully saturated rings. The van der Waals surface area contributed by atoms with Crippen molar-refractivity contribution in [1.29, 1.82) is 5.53 Å². The van der Waals surface area contributed by atoms with Gasteiger partial charge in [0.1, 0.15) is 18.2 Å². The van der Waals surface area contributed by atoms with E-state index >= 15 is 0 Å². The van der Waals surface area contributed by atoms with Crippen LogP contribution in [-0.2, 0) is 4.84 Å². The average Bonchev–Trinajstić information content (AvgIpc) is 2.73. The number of hydroxylamine groups is 2. The summed E-state index contributed by atoms with van der Waals surface area (Å²) in [5, 5.41) is 20.1. The van der Waals surface area contributed by atoms with Crippen LogP contribution < -0.4 is 0 Å². The van der Waals surface area contributed by atoms with Gasteiger partial charge < -0.3 is 10.3 Å². The number of imide groups is 1. The van der Waals surface area contributed by atoms with Gasteiger partial charge >= 0.3 is 0 Å². The van der Waals surface area contributed by atoms with Crippen LogP contribution in [0, 0.1) is 10.7 Å². The average molecular weight is 309 g/mol. The van der Waals surface area contributed by atoms with Gasteiger partial charge in [-0.2, -0.15) is 0 Å². The van der Waals surface area contributed by atoms with E-state index in [0.717, 1.165) is 4.90 Å². The predicted molar refractivity (Wildman–Crippen MR) is 72.2 cm³/mol. The Balaban J connectivity index is 2.00. The third-order valence-corrected chi connectivity index (χ3v) is 3.46. The van der Waals surface area contributed by atoms with Crippen LogP contribution in [-0.4, -0.2) is 64.9 Å². The van der Waals surface area contributed by atoms with Gasteiger partial charge in [-0.3, -0.25) is 14.5 Å². The van der Waals surface area contributed by atoms with E-state index < -0.39 is 16.6 Å². The van der Waals surface area contributed by atoms with Crippen molar-refractivity contribution >= 4 is 11.8 Å². The van der Waals surface area contributed by atoms with Gasteiger partial charge in [-0.25, -0.2) is 0 Å². The Kier molecular flexibility index (Phi) is 4.50. The summed E-state index contributed by atoms with van der Waals surface area (Å²) in [5.74, 6) is -0.823. The van der Waals surface area contributed by atoms with E-state index in [0.29, 0.717) is 11.1 Å². The van der Waals surface area contributed by atoms with E-state index in [1.807, 2.05) is 0 Å². The number of amides is 2. The lowest BCUT2D eigenvalue weighted by Crippen LogP contribution is -2.51. The zero-order chi connectivity index (χ0) is 16.3. The number of nitrogens with zero attached hydrogens (tertiary/aromatic N) is 3. The molecule has 1 aliphatic heterocycles. The Morgan fingerprint density at radius 1 is 1.32 bits per heavy atom. The molecular formula is C13H17N4O5+. The summed E-state index contributed by atoms with van der Waals surface area (Å²) >= 11 is 0. The van der Waals surface area contributed by atoms with E-state index in [1.165, 1.54) is 7.05 Å². The molecule has 0 aliphatic carbocycles. The Morgan fingerprint density at radius 2 is 1.86 bits per heavy atom. The molecule has 0 aromatic heterocycles. The molecule has 9 nitrogen and oxygen atoms in total. The molecule has 2 rings (SSSR count). The van der Waals surface area contributed by atoms with Crippen molar-refractivity contribution < 1.29 is 29.3 Å². The summed E-state index contributed by atoms with van der Waals surface area (Å²) in [6, 6.07) is 6.50. The molecule has 0 radical (unpaired) electrons. The molecule has 1 aromatic rings. The van der Waals surface area contributed by atoms with Crippen LogP contribution in [0.1, 0.15) is 20.7 Å². The molecule has 118 valence electrons. The number of quaternary nitrogens is 1. The Labute approximate surface area is 126 Å². The molecule has 0 bridgehead atoms. The number of hydrogen-bond donors (Lipinski definition) is 2. The monoisotopic (exact) mass is 309 g/mol. The van der Waals surface area contributed by atoms with Crippen molar-refractivity contribution in [1.82, 2.24) is 4.90 Å². The van der Waals surface area contributed by atoms with Crippen LogP contribution in [0.4, 0.5) is 0 Å². The van der Waals surface area contributed by atoms with Crippen LogP contribution in [0.2, 0.25) is 0 Å². The molecular weight excluding hydrogens is 292 g/mol. The topological polar surface area (TPSA) is 117 Å². The second-order valence-corrected chi connectivity index (χ2v) is 4.91. The first-order chi connectivity index (χ1) is 10.4. The standard InChI is InChI=1S/C13H17N4O5/c1-17(7-8-18,16(14)21)22-9-6-15-12(19)10-4-2-3-5-11(10)13(15)20/h2-5,14,18H,6-9H2,1H3/q+1. The number of rotatable bonds is 7. The van der Waals surface area contributed by atoms with Gasteiger partial charge in [0.25, 0.3) is 11.8 Å². The van der Waals surface area contributed by atoms with Crippen molar-refractivity contribution in [3.05, 3.63) is 40.6 Å². The number of hydrogen-bond acceptors (Lipinski definition) is 6. The van der Waals surface area contributed by atoms with Crippen molar-refractivity contribution in [2.75, 3.05) is 33.4 Å². The fraction of sp³-hybridized carbons (Fsp3) is 0.385. The van der Waals surface area contributed by atoms with Gasteiger partial charge in [0.15, 0.2) is 13.6 Å². The second-order valence-electron chi connectivity index (χ2n) is 4.91. The van der Waals surface area contributed by atoms with Gasteiger partial charge in [0.05, 0.1) is 22.4 Å². The van der Waals surface area contributed by atoms with Gasteiger partial charge in [-0.05, 0) is 12.1 Å². The highest BCUT2D eigenvalue weighted by molar-refractivity contribution is 6.21. The summed E-state index contributed by atoms with van der Waals surface area (Å²) in [5.41, 5.74) is 7.75. The predicted octanol–water partition coefficient (Wildman–Crippen LogP) is 0.109. The molecule has 9 heteroatoms. The highest BCUT2D eigenvalue weighted by atomic mass is 16.8. The van der Waals surface area contributed by atoms with Crippen LogP contribution in [0.25, 0.3) is 0 Å². The molecule has 1 heterocycles. The molecule has 0 saturated heterocycles. The minimum absolute atomic E-state index is 0.0422. The minimum Gasteiger partial charge on any atom is -0.543 e. The zero-order valence-electron chi connectivity index (χ0n) is 12.1. The van der Waals surface area contributed by atoms with Crippen molar-refractivity contribution in [2.24, 2.45) is 0 Å². The van der Waals surface area contributed by atoms with Gasteiger partial charge in [-0.1, -0.05) is 12.1 Å². The fourth-order valence-electron chi connectivity index (χ4n) is 2.16. The zero-order valence-corrected chi connectivity index (χ0v) is 12.1. The summed E-state index contributed by atoms with van der Waals surface area (Å²) < 4.78 is -0.820. The third-order valence-electron chi connectivity index (χ3n) is 3.46. The smallest absolute Gasteiger partial charge is 0.261 e. The molecule has 22 heavy (non-hydrogen) atoms. The van der Waals surface area contributed by atoms with E-state index in [4.69, 9.17) is 15.5 Å². The van der Waals surface area contributed by atoms with Crippen molar-refractivity contribution in [3.8, 4) is 0 Å². The maximum absolute atomic E-state index is 12.1. The number of carbonyl (C=O) groups is 2. The minimum atomic E-state index is -0.820.